The number of ether oxygens (including phenoxy) is 1. The SMILES string of the molecule is C[C@](O)(COc1ccc(F)cc1O)C(=O)Nc1ccc([N+](=O)[O-])c(C(F)(F)F)c1. The van der Waals surface area contributed by atoms with Crippen LogP contribution in [0.25, 0.3) is 0 Å². The van der Waals surface area contributed by atoms with E-state index in [-0.39, 0.29) is 5.75 Å². The number of alkyl halides is 3. The van der Waals surface area contributed by atoms with Gasteiger partial charge in [-0.25, -0.2) is 4.39 Å². The molecular weight excluding hydrogens is 404 g/mol. The van der Waals surface area contributed by atoms with E-state index in [0.29, 0.717) is 12.1 Å². The van der Waals surface area contributed by atoms with E-state index in [9.17, 15) is 42.7 Å². The molecule has 29 heavy (non-hydrogen) atoms. The van der Waals surface area contributed by atoms with Crippen molar-refractivity contribution < 1.29 is 42.2 Å². The van der Waals surface area contributed by atoms with Gasteiger partial charge in [0.05, 0.1) is 4.92 Å². The number of amides is 1. The van der Waals surface area contributed by atoms with Crippen molar-refractivity contribution in [2.75, 3.05) is 11.9 Å². The number of carbonyl (C=O) groups is 1. The molecule has 1 atom stereocenters. The van der Waals surface area contributed by atoms with Gasteiger partial charge in [-0.2, -0.15) is 13.2 Å². The quantitative estimate of drug-likeness (QED) is 0.376. The molecule has 0 fully saturated rings. The number of nitrogens with zero attached hydrogens (tertiary/aromatic N) is 1. The zero-order chi connectivity index (χ0) is 22.0. The molecule has 2 aromatic carbocycles. The Morgan fingerprint density at radius 1 is 1.24 bits per heavy atom. The molecule has 0 radical (unpaired) electrons. The predicted octanol–water partition coefficient (Wildman–Crippen LogP) is 3.23. The van der Waals surface area contributed by atoms with Gasteiger partial charge in [-0.05, 0) is 31.2 Å². The van der Waals surface area contributed by atoms with Crippen LogP contribution in [0, 0.1) is 15.9 Å². The largest absolute Gasteiger partial charge is 0.504 e. The lowest BCUT2D eigenvalue weighted by atomic mass is 10.1. The topological polar surface area (TPSA) is 122 Å². The number of nitrogens with one attached hydrogen (secondary N) is 1. The molecule has 0 saturated carbocycles. The summed E-state index contributed by atoms with van der Waals surface area (Å²) in [5, 5.41) is 32.5. The number of hydrogen-bond donors (Lipinski definition) is 3. The Hall–Kier alpha value is -3.41. The molecule has 12 heteroatoms. The number of nitro benzene ring substituents is 1. The second kappa shape index (κ2) is 7.91. The number of aromatic hydroxyl groups is 1. The number of halogens is 4. The average Bonchev–Trinajstić information content (AvgIpc) is 2.60. The summed E-state index contributed by atoms with van der Waals surface area (Å²) in [5.74, 6) is -2.76. The van der Waals surface area contributed by atoms with Crippen LogP contribution < -0.4 is 10.1 Å². The fraction of sp³-hybridized carbons (Fsp3) is 0.235. The van der Waals surface area contributed by atoms with Crippen LogP contribution >= 0.6 is 0 Å². The van der Waals surface area contributed by atoms with E-state index >= 15 is 0 Å². The van der Waals surface area contributed by atoms with Crippen LogP contribution in [-0.4, -0.2) is 33.3 Å². The first-order valence-corrected chi connectivity index (χ1v) is 7.82. The Morgan fingerprint density at radius 2 is 1.90 bits per heavy atom. The van der Waals surface area contributed by atoms with Crippen LogP contribution in [0.2, 0.25) is 0 Å². The van der Waals surface area contributed by atoms with Crippen LogP contribution in [0.1, 0.15) is 12.5 Å². The third-order valence-electron chi connectivity index (χ3n) is 3.68. The molecule has 0 aromatic heterocycles. The number of phenolic OH excluding ortho intramolecular Hbond substituents is 1. The van der Waals surface area contributed by atoms with Gasteiger partial charge in [0.1, 0.15) is 18.0 Å². The summed E-state index contributed by atoms with van der Waals surface area (Å²) in [5.41, 5.74) is -5.50. The average molecular weight is 418 g/mol. The van der Waals surface area contributed by atoms with Crippen molar-refractivity contribution >= 4 is 17.3 Å². The minimum Gasteiger partial charge on any atom is -0.504 e. The number of hydrogen-bond acceptors (Lipinski definition) is 6. The van der Waals surface area contributed by atoms with Crippen molar-refractivity contribution in [2.24, 2.45) is 0 Å². The van der Waals surface area contributed by atoms with Gasteiger partial charge in [-0.1, -0.05) is 0 Å². The fourth-order valence-corrected chi connectivity index (χ4v) is 2.16. The number of benzene rings is 2. The molecule has 1 amide bonds. The van der Waals surface area contributed by atoms with Gasteiger partial charge in [0.2, 0.25) is 0 Å². The highest BCUT2D eigenvalue weighted by atomic mass is 19.4. The molecule has 0 aliphatic carbocycles. The van der Waals surface area contributed by atoms with Gasteiger partial charge in [0.15, 0.2) is 17.1 Å². The monoisotopic (exact) mass is 418 g/mol. The first-order valence-electron chi connectivity index (χ1n) is 7.82. The Morgan fingerprint density at radius 3 is 2.45 bits per heavy atom. The van der Waals surface area contributed by atoms with Crippen LogP contribution in [-0.2, 0) is 11.0 Å². The molecule has 0 spiro atoms. The molecular formula is C17H14F4N2O6. The first-order chi connectivity index (χ1) is 13.3. The van der Waals surface area contributed by atoms with Crippen LogP contribution in [0.3, 0.4) is 0 Å². The van der Waals surface area contributed by atoms with Crippen molar-refractivity contribution in [1.82, 2.24) is 0 Å². The molecule has 0 bridgehead atoms. The normalized spacial score (nSPS) is 13.4. The molecule has 0 aliphatic heterocycles. The second-order valence-electron chi connectivity index (χ2n) is 6.12. The van der Waals surface area contributed by atoms with Crippen molar-refractivity contribution in [3.05, 3.63) is 57.9 Å². The van der Waals surface area contributed by atoms with E-state index in [2.05, 4.69) is 0 Å². The minimum atomic E-state index is -5.05. The maximum atomic E-state index is 13.0. The van der Waals surface area contributed by atoms with E-state index in [1.807, 2.05) is 5.32 Å². The van der Waals surface area contributed by atoms with Crippen molar-refractivity contribution in [1.29, 1.82) is 0 Å². The second-order valence-corrected chi connectivity index (χ2v) is 6.12. The summed E-state index contributed by atoms with van der Waals surface area (Å²) < 4.78 is 57.0. The maximum absolute atomic E-state index is 13.0. The number of anilines is 1. The van der Waals surface area contributed by atoms with Crippen molar-refractivity contribution in [2.45, 2.75) is 18.7 Å². The van der Waals surface area contributed by atoms with Gasteiger partial charge in [0, 0.05) is 17.8 Å². The Bertz CT molecular complexity index is 946. The Balaban J connectivity index is 2.16. The minimum absolute atomic E-state index is 0.242. The smallest absolute Gasteiger partial charge is 0.423 e. The lowest BCUT2D eigenvalue weighted by Crippen LogP contribution is -2.45. The van der Waals surface area contributed by atoms with E-state index < -0.39 is 57.7 Å². The third kappa shape index (κ3) is 5.31. The summed E-state index contributed by atoms with van der Waals surface area (Å²) in [6.45, 7) is 0.246. The van der Waals surface area contributed by atoms with E-state index in [1.165, 1.54) is 0 Å². The van der Waals surface area contributed by atoms with Gasteiger partial charge in [-0.3, -0.25) is 14.9 Å². The molecule has 8 nitrogen and oxygen atoms in total. The van der Waals surface area contributed by atoms with Gasteiger partial charge in [-0.15, -0.1) is 0 Å². The lowest BCUT2D eigenvalue weighted by Gasteiger charge is -2.23. The molecule has 0 heterocycles. The van der Waals surface area contributed by atoms with Crippen molar-refractivity contribution in [3.63, 3.8) is 0 Å². The highest BCUT2D eigenvalue weighted by Gasteiger charge is 2.39. The Kier molecular flexibility index (Phi) is 5.97. The molecule has 2 aromatic rings. The van der Waals surface area contributed by atoms with Crippen LogP contribution in [0.5, 0.6) is 11.5 Å². The summed E-state index contributed by atoms with van der Waals surface area (Å²) in [6.07, 6.45) is -5.05. The van der Waals surface area contributed by atoms with E-state index in [0.717, 1.165) is 31.2 Å². The molecule has 156 valence electrons. The van der Waals surface area contributed by atoms with Crippen LogP contribution in [0.15, 0.2) is 36.4 Å². The number of rotatable bonds is 6. The lowest BCUT2D eigenvalue weighted by molar-refractivity contribution is -0.388. The van der Waals surface area contributed by atoms with Gasteiger partial charge < -0.3 is 20.3 Å². The summed E-state index contributed by atoms with van der Waals surface area (Å²) in [4.78, 5) is 21.7. The highest BCUT2D eigenvalue weighted by molar-refractivity contribution is 5.97. The third-order valence-corrected chi connectivity index (χ3v) is 3.68. The molecule has 2 rings (SSSR count). The first kappa shape index (κ1) is 21.9. The highest BCUT2D eigenvalue weighted by Crippen LogP contribution is 2.37. The number of aliphatic hydroxyl groups is 1. The number of nitro groups is 1. The number of phenols is 1. The summed E-state index contributed by atoms with van der Waals surface area (Å²) in [6, 6.07) is 4.54. The number of carbonyl (C=O) groups excluding carboxylic acids is 1. The zero-order valence-electron chi connectivity index (χ0n) is 14.7. The zero-order valence-corrected chi connectivity index (χ0v) is 14.7. The van der Waals surface area contributed by atoms with Crippen LogP contribution in [0.4, 0.5) is 28.9 Å². The van der Waals surface area contributed by atoms with E-state index in [4.69, 9.17) is 4.74 Å². The maximum Gasteiger partial charge on any atom is 0.423 e. The standard InChI is InChI=1S/C17H14F4N2O6/c1-16(26,8-29-14-5-2-9(18)6-13(14)24)15(25)22-10-3-4-12(23(27)28)11(7-10)17(19,20)21/h2-7,24,26H,8H2,1H3,(H,22,25)/t16-/m0/s1. The predicted molar refractivity (Wildman–Crippen MR) is 90.9 cm³/mol. The summed E-state index contributed by atoms with van der Waals surface area (Å²) >= 11 is 0. The summed E-state index contributed by atoms with van der Waals surface area (Å²) in [7, 11) is 0. The Labute approximate surface area is 160 Å². The van der Waals surface area contributed by atoms with Gasteiger partial charge >= 0.3 is 6.18 Å². The van der Waals surface area contributed by atoms with E-state index in [1.54, 1.807) is 0 Å². The molecule has 0 aliphatic rings. The molecule has 0 saturated heterocycles. The molecule has 3 N–H and O–H groups in total. The molecule has 0 unspecified atom stereocenters. The van der Waals surface area contributed by atoms with Gasteiger partial charge in [0.25, 0.3) is 11.6 Å². The van der Waals surface area contributed by atoms with Crippen molar-refractivity contribution in [3.8, 4) is 11.5 Å². The fourth-order valence-electron chi connectivity index (χ4n) is 2.16.